The number of hydrogen-bond acceptors (Lipinski definition) is 0. The molecule has 0 atom stereocenters. The number of rotatable bonds is 1. The summed E-state index contributed by atoms with van der Waals surface area (Å²) in [5, 5.41) is 2.15. The normalized spacial score (nSPS) is 10.6. The van der Waals surface area contributed by atoms with Crippen molar-refractivity contribution in [2.24, 2.45) is 0 Å². The summed E-state index contributed by atoms with van der Waals surface area (Å²) in [6.07, 6.45) is 0. The van der Waals surface area contributed by atoms with Crippen molar-refractivity contribution in [3.05, 3.63) is 54.0 Å². The molecular formula is C12H5Cl4I. The molecule has 0 aliphatic rings. The molecule has 0 radical (unpaired) electrons. The largest absolute Gasteiger partial charge is 0.0827 e. The highest BCUT2D eigenvalue weighted by molar-refractivity contribution is 14.1. The predicted octanol–water partition coefficient (Wildman–Crippen LogP) is 6.57. The molecule has 0 unspecified atom stereocenters. The molecule has 0 saturated heterocycles. The third-order valence-corrected chi connectivity index (χ3v) is 5.25. The molecule has 0 nitrogen and oxygen atoms in total. The van der Waals surface area contributed by atoms with Gasteiger partial charge in [0.15, 0.2) is 0 Å². The van der Waals surface area contributed by atoms with Crippen LogP contribution in [-0.2, 0) is 0 Å². The maximum absolute atomic E-state index is 6.11. The van der Waals surface area contributed by atoms with Crippen molar-refractivity contribution in [1.29, 1.82) is 0 Å². The van der Waals surface area contributed by atoms with Gasteiger partial charge in [-0.2, -0.15) is 0 Å². The first-order chi connectivity index (χ1) is 8.00. The third-order valence-electron chi connectivity index (χ3n) is 2.27. The van der Waals surface area contributed by atoms with Crippen molar-refractivity contribution in [3.8, 4) is 11.1 Å². The lowest BCUT2D eigenvalue weighted by atomic mass is 10.1. The van der Waals surface area contributed by atoms with Crippen molar-refractivity contribution in [2.45, 2.75) is 0 Å². The Labute approximate surface area is 133 Å². The molecule has 0 N–H and O–H groups in total. The van der Waals surface area contributed by atoms with Gasteiger partial charge < -0.3 is 0 Å². The summed E-state index contributed by atoms with van der Waals surface area (Å²) in [4.78, 5) is 0. The Bertz CT molecular complexity index is 581. The highest BCUT2D eigenvalue weighted by atomic mass is 125. The van der Waals surface area contributed by atoms with Gasteiger partial charge in [-0.25, -0.2) is 0 Å². The molecule has 88 valence electrons. The fourth-order valence-electron chi connectivity index (χ4n) is 1.41. The van der Waals surface area contributed by atoms with Gasteiger partial charge in [0.25, 0.3) is 0 Å². The van der Waals surface area contributed by atoms with E-state index in [1.54, 1.807) is 12.1 Å². The summed E-state index contributed by atoms with van der Waals surface area (Å²) < 4.78 is 0.898. The quantitative estimate of drug-likeness (QED) is 0.365. The van der Waals surface area contributed by atoms with E-state index in [2.05, 4.69) is 22.6 Å². The average Bonchev–Trinajstić information content (AvgIpc) is 2.30. The van der Waals surface area contributed by atoms with Crippen LogP contribution in [0.15, 0.2) is 30.3 Å². The van der Waals surface area contributed by atoms with Gasteiger partial charge in [-0.05, 0) is 51.9 Å². The Morgan fingerprint density at radius 3 is 2.06 bits per heavy atom. The summed E-state index contributed by atoms with van der Waals surface area (Å²) in [5.74, 6) is 0. The van der Waals surface area contributed by atoms with E-state index >= 15 is 0 Å². The molecule has 5 heteroatoms. The van der Waals surface area contributed by atoms with Crippen LogP contribution >= 0.6 is 69.0 Å². The summed E-state index contributed by atoms with van der Waals surface area (Å²) in [7, 11) is 0. The highest BCUT2D eigenvalue weighted by Crippen LogP contribution is 2.37. The molecule has 2 aromatic rings. The molecule has 17 heavy (non-hydrogen) atoms. The Morgan fingerprint density at radius 2 is 1.41 bits per heavy atom. The molecule has 0 heterocycles. The summed E-state index contributed by atoms with van der Waals surface area (Å²) in [6.45, 7) is 0. The minimum Gasteiger partial charge on any atom is -0.0827 e. The maximum Gasteiger partial charge on any atom is 0.0731 e. The standard InChI is InChI=1S/C12H5Cl4I/c13-8-3-1-6(5-10(8)15)7-2-4-9(14)11(16)12(7)17/h1-5H/i17-2. The van der Waals surface area contributed by atoms with Gasteiger partial charge in [0.05, 0.1) is 20.1 Å². The Balaban J connectivity index is 2.61. The van der Waals surface area contributed by atoms with Crippen LogP contribution in [0.3, 0.4) is 0 Å². The first kappa shape index (κ1) is 13.8. The lowest BCUT2D eigenvalue weighted by molar-refractivity contribution is 1.58. The molecule has 0 fully saturated rings. The van der Waals surface area contributed by atoms with Gasteiger partial charge in [0, 0.05) is 3.57 Å². The Kier molecular flexibility index (Phi) is 4.48. The summed E-state index contributed by atoms with van der Waals surface area (Å²) >= 11 is 26.1. The third kappa shape index (κ3) is 2.85. The van der Waals surface area contributed by atoms with Crippen LogP contribution in [0.5, 0.6) is 0 Å². The topological polar surface area (TPSA) is 0 Å². The van der Waals surface area contributed by atoms with E-state index in [1.807, 2.05) is 18.2 Å². The van der Waals surface area contributed by atoms with Crippen LogP contribution in [0.1, 0.15) is 0 Å². The van der Waals surface area contributed by atoms with Crippen LogP contribution in [0, 0.1) is 3.57 Å². The molecule has 2 rings (SSSR count). The molecule has 0 saturated carbocycles. The second-order valence-corrected chi connectivity index (χ2v) is 6.03. The van der Waals surface area contributed by atoms with Crippen molar-refractivity contribution in [2.75, 3.05) is 0 Å². The average molecular weight is 416 g/mol. The maximum atomic E-state index is 6.11. The van der Waals surface area contributed by atoms with Gasteiger partial charge in [-0.3, -0.25) is 0 Å². The monoisotopic (exact) mass is 414 g/mol. The zero-order chi connectivity index (χ0) is 12.6. The van der Waals surface area contributed by atoms with E-state index < -0.39 is 0 Å². The van der Waals surface area contributed by atoms with Gasteiger partial charge in [0.2, 0.25) is 0 Å². The molecule has 0 aliphatic heterocycles. The van der Waals surface area contributed by atoms with E-state index in [-0.39, 0.29) is 0 Å². The molecule has 2 aromatic carbocycles. The van der Waals surface area contributed by atoms with Gasteiger partial charge in [0.1, 0.15) is 0 Å². The fraction of sp³-hybridized carbons (Fsp3) is 0. The van der Waals surface area contributed by atoms with Crippen LogP contribution in [0.4, 0.5) is 0 Å². The van der Waals surface area contributed by atoms with Crippen LogP contribution in [-0.4, -0.2) is 0 Å². The molecule has 0 aliphatic carbocycles. The molecule has 0 bridgehead atoms. The lowest BCUT2D eigenvalue weighted by Crippen LogP contribution is -1.85. The van der Waals surface area contributed by atoms with Crippen LogP contribution < -0.4 is 0 Å². The Hall–Kier alpha value is 0.330. The van der Waals surface area contributed by atoms with Gasteiger partial charge >= 0.3 is 0 Å². The second kappa shape index (κ2) is 5.54. The van der Waals surface area contributed by atoms with E-state index in [1.165, 1.54) is 0 Å². The van der Waals surface area contributed by atoms with Gasteiger partial charge in [-0.1, -0.05) is 58.5 Å². The van der Waals surface area contributed by atoms with Crippen LogP contribution in [0.25, 0.3) is 11.1 Å². The first-order valence-corrected chi connectivity index (χ1v) is 7.18. The molecular weight excluding hydrogens is 411 g/mol. The molecule has 0 aromatic heterocycles. The van der Waals surface area contributed by atoms with E-state index in [0.29, 0.717) is 20.1 Å². The van der Waals surface area contributed by atoms with Crippen molar-refractivity contribution in [3.63, 3.8) is 0 Å². The van der Waals surface area contributed by atoms with Crippen molar-refractivity contribution in [1.82, 2.24) is 0 Å². The highest BCUT2D eigenvalue weighted by Gasteiger charge is 2.10. The zero-order valence-corrected chi connectivity index (χ0v) is 13.5. The van der Waals surface area contributed by atoms with E-state index in [4.69, 9.17) is 46.4 Å². The number of halogens is 5. The van der Waals surface area contributed by atoms with Crippen LogP contribution in [0.2, 0.25) is 20.1 Å². The second-order valence-electron chi connectivity index (χ2n) is 3.35. The SMILES string of the molecule is Clc1ccc(-c2ccc(Cl)c(Cl)c2[125I])cc1Cl. The fourth-order valence-corrected chi connectivity index (χ4v) is 2.97. The predicted molar refractivity (Wildman–Crippen MR) is 84.6 cm³/mol. The smallest absolute Gasteiger partial charge is 0.0731 e. The number of hydrogen-bond donors (Lipinski definition) is 0. The minimum atomic E-state index is 0.519. The summed E-state index contributed by atoms with van der Waals surface area (Å²) in [6, 6.07) is 9.15. The Morgan fingerprint density at radius 1 is 0.765 bits per heavy atom. The van der Waals surface area contributed by atoms with E-state index in [0.717, 1.165) is 14.7 Å². The zero-order valence-electron chi connectivity index (χ0n) is 8.28. The molecule has 0 spiro atoms. The summed E-state index contributed by atoms with van der Waals surface area (Å²) in [5.41, 5.74) is 1.95. The lowest BCUT2D eigenvalue weighted by Gasteiger charge is -2.08. The minimum absolute atomic E-state index is 0.519. The number of benzene rings is 2. The van der Waals surface area contributed by atoms with E-state index in [9.17, 15) is 0 Å². The van der Waals surface area contributed by atoms with Crippen molar-refractivity contribution >= 4 is 69.0 Å². The van der Waals surface area contributed by atoms with Crippen molar-refractivity contribution < 1.29 is 0 Å². The van der Waals surface area contributed by atoms with Gasteiger partial charge in [-0.15, -0.1) is 0 Å². The first-order valence-electron chi connectivity index (χ1n) is 4.59. The molecule has 0 amide bonds.